The van der Waals surface area contributed by atoms with Gasteiger partial charge in [0.1, 0.15) is 24.8 Å². The van der Waals surface area contributed by atoms with Crippen LogP contribution in [0.2, 0.25) is 0 Å². The van der Waals surface area contributed by atoms with Gasteiger partial charge in [0.2, 0.25) is 12.7 Å². The first kappa shape index (κ1) is 31.0. The lowest BCUT2D eigenvalue weighted by molar-refractivity contribution is -0.671. The number of nitrogens with zero attached hydrogens (tertiary/aromatic N) is 4. The Labute approximate surface area is 210 Å². The molecule has 2 heterocycles. The first-order valence-electron chi connectivity index (χ1n) is 12.8. The van der Waals surface area contributed by atoms with Gasteiger partial charge in [0.25, 0.3) is 0 Å². The molecule has 0 aliphatic rings. The van der Waals surface area contributed by atoms with Crippen molar-refractivity contribution in [3.8, 4) is 0 Å². The maximum Gasteiger partial charge on any atom is 0.243 e. The average Bonchev–Trinajstić information content (AvgIpc) is 3.34. The highest BCUT2D eigenvalue weighted by Gasteiger charge is 2.00. The van der Waals surface area contributed by atoms with Crippen LogP contribution in [-0.2, 0) is 27.2 Å². The zero-order chi connectivity index (χ0) is 21.3. The Morgan fingerprint density at radius 1 is 0.438 bits per heavy atom. The molecule has 0 aliphatic carbocycles. The third-order valence-electron chi connectivity index (χ3n) is 6.23. The van der Waals surface area contributed by atoms with Crippen LogP contribution < -0.4 is 33.9 Å². The lowest BCUT2D eigenvalue weighted by Crippen LogP contribution is -3.00. The summed E-state index contributed by atoms with van der Waals surface area (Å²) in [4.78, 5) is 0. The summed E-state index contributed by atoms with van der Waals surface area (Å²) >= 11 is 0. The largest absolute Gasteiger partial charge is 1.00 e. The molecule has 0 N–H and O–H groups in total. The SMILES string of the molecule is C[n+]1ccn(CCCCCCCCCCCCCCCCCCn2cc[n+](C)c2)c1.[Cl-].[Cl-]. The van der Waals surface area contributed by atoms with Crippen molar-refractivity contribution in [2.75, 3.05) is 0 Å². The standard InChI is InChI=1S/C26H48N4.2ClH/c1-27-21-23-29(25-27)19-17-15-13-11-9-7-5-3-4-6-8-10-12-14-16-18-20-30-24-22-28(2)26-30;;/h21-26H,3-20H2,1-2H3;2*1H/q+2;;/p-2. The van der Waals surface area contributed by atoms with Gasteiger partial charge in [-0.15, -0.1) is 0 Å². The third-order valence-corrected chi connectivity index (χ3v) is 6.23. The van der Waals surface area contributed by atoms with Crippen molar-refractivity contribution in [1.82, 2.24) is 9.13 Å². The molecule has 6 heteroatoms. The Kier molecular flexibility index (Phi) is 20.0. The maximum absolute atomic E-state index is 2.30. The van der Waals surface area contributed by atoms with Crippen molar-refractivity contribution in [1.29, 1.82) is 0 Å². The molecule has 0 aliphatic heterocycles. The quantitative estimate of drug-likeness (QED) is 0.195. The van der Waals surface area contributed by atoms with E-state index in [4.69, 9.17) is 0 Å². The van der Waals surface area contributed by atoms with Crippen molar-refractivity contribution >= 4 is 0 Å². The van der Waals surface area contributed by atoms with Crippen LogP contribution in [0.15, 0.2) is 37.4 Å². The molecule has 2 rings (SSSR count). The molecular formula is C26H48Cl2N4. The number of rotatable bonds is 19. The summed E-state index contributed by atoms with van der Waals surface area (Å²) in [6.45, 7) is 2.35. The van der Waals surface area contributed by atoms with E-state index < -0.39 is 0 Å². The van der Waals surface area contributed by atoms with E-state index in [9.17, 15) is 0 Å². The molecule has 32 heavy (non-hydrogen) atoms. The number of hydrogen-bond acceptors (Lipinski definition) is 0. The minimum Gasteiger partial charge on any atom is -1.00 e. The second-order valence-electron chi connectivity index (χ2n) is 9.29. The second-order valence-corrected chi connectivity index (χ2v) is 9.29. The summed E-state index contributed by atoms with van der Waals surface area (Å²) in [6.07, 6.45) is 35.6. The van der Waals surface area contributed by atoms with E-state index >= 15 is 0 Å². The van der Waals surface area contributed by atoms with Gasteiger partial charge in [-0.1, -0.05) is 77.0 Å². The van der Waals surface area contributed by atoms with Crippen LogP contribution in [0, 0.1) is 0 Å². The van der Waals surface area contributed by atoms with Crippen LogP contribution in [0.1, 0.15) is 103 Å². The summed E-state index contributed by atoms with van der Waals surface area (Å²) in [5.41, 5.74) is 0. The van der Waals surface area contributed by atoms with E-state index in [1.807, 2.05) is 0 Å². The van der Waals surface area contributed by atoms with Gasteiger partial charge in [0.05, 0.1) is 27.2 Å². The van der Waals surface area contributed by atoms with E-state index in [1.54, 1.807) is 0 Å². The van der Waals surface area contributed by atoms with Crippen LogP contribution in [0.3, 0.4) is 0 Å². The molecule has 0 amide bonds. The van der Waals surface area contributed by atoms with Crippen LogP contribution in [0.25, 0.3) is 0 Å². The van der Waals surface area contributed by atoms with Crippen LogP contribution >= 0.6 is 0 Å². The van der Waals surface area contributed by atoms with E-state index in [2.05, 4.69) is 69.8 Å². The predicted octanol–water partition coefficient (Wildman–Crippen LogP) is -0.112. The van der Waals surface area contributed by atoms with Crippen molar-refractivity contribution in [2.24, 2.45) is 14.1 Å². The number of unbranched alkanes of at least 4 members (excludes halogenated alkanes) is 15. The first-order valence-corrected chi connectivity index (χ1v) is 12.8. The highest BCUT2D eigenvalue weighted by molar-refractivity contribution is 4.66. The Bertz CT molecular complexity index is 598. The highest BCUT2D eigenvalue weighted by atomic mass is 35.5. The van der Waals surface area contributed by atoms with Crippen molar-refractivity contribution in [2.45, 2.75) is 116 Å². The fourth-order valence-electron chi connectivity index (χ4n) is 4.33. The van der Waals surface area contributed by atoms with E-state index in [0.29, 0.717) is 0 Å². The third kappa shape index (κ3) is 15.7. The number of imidazole rings is 2. The van der Waals surface area contributed by atoms with Crippen molar-refractivity contribution in [3.05, 3.63) is 37.4 Å². The van der Waals surface area contributed by atoms with Gasteiger partial charge >= 0.3 is 0 Å². The lowest BCUT2D eigenvalue weighted by atomic mass is 10.0. The fraction of sp³-hybridized carbons (Fsp3) is 0.769. The Morgan fingerprint density at radius 3 is 0.906 bits per heavy atom. The van der Waals surface area contributed by atoms with Crippen molar-refractivity contribution < 1.29 is 33.9 Å². The fourth-order valence-corrected chi connectivity index (χ4v) is 4.33. The summed E-state index contributed by atoms with van der Waals surface area (Å²) in [5, 5.41) is 0. The zero-order valence-corrected chi connectivity index (χ0v) is 22.2. The first-order chi connectivity index (χ1) is 14.7. The molecule has 186 valence electrons. The van der Waals surface area contributed by atoms with Gasteiger partial charge in [-0.3, -0.25) is 0 Å². The summed E-state index contributed by atoms with van der Waals surface area (Å²) < 4.78 is 8.83. The van der Waals surface area contributed by atoms with Crippen molar-refractivity contribution in [3.63, 3.8) is 0 Å². The smallest absolute Gasteiger partial charge is 0.243 e. The van der Waals surface area contributed by atoms with Gasteiger partial charge < -0.3 is 24.8 Å². The number of aryl methyl sites for hydroxylation is 4. The molecule has 0 atom stereocenters. The number of halogens is 2. The average molecular weight is 488 g/mol. The maximum atomic E-state index is 2.30. The minimum absolute atomic E-state index is 0. The predicted molar refractivity (Wildman–Crippen MR) is 125 cm³/mol. The van der Waals surface area contributed by atoms with Gasteiger partial charge in [-0.05, 0) is 25.7 Å². The normalized spacial score (nSPS) is 10.7. The Balaban J connectivity index is 0.00000480. The molecule has 0 spiro atoms. The van der Waals surface area contributed by atoms with Gasteiger partial charge in [0, 0.05) is 0 Å². The number of aromatic nitrogens is 4. The molecule has 0 aromatic carbocycles. The van der Waals surface area contributed by atoms with Crippen LogP contribution in [-0.4, -0.2) is 9.13 Å². The van der Waals surface area contributed by atoms with E-state index in [1.165, 1.54) is 116 Å². The molecule has 4 nitrogen and oxygen atoms in total. The molecule has 0 fully saturated rings. The van der Waals surface area contributed by atoms with Gasteiger partial charge in [0.15, 0.2) is 0 Å². The van der Waals surface area contributed by atoms with Crippen LogP contribution in [0.5, 0.6) is 0 Å². The molecule has 0 bridgehead atoms. The topological polar surface area (TPSA) is 17.6 Å². The van der Waals surface area contributed by atoms with E-state index in [0.717, 1.165) is 0 Å². The van der Waals surface area contributed by atoms with Gasteiger partial charge in [-0.2, -0.15) is 0 Å². The summed E-state index contributed by atoms with van der Waals surface area (Å²) in [6, 6.07) is 0. The second kappa shape index (κ2) is 20.6. The van der Waals surface area contributed by atoms with Crippen LogP contribution in [0.4, 0.5) is 0 Å². The van der Waals surface area contributed by atoms with Gasteiger partial charge in [-0.25, -0.2) is 18.3 Å². The highest BCUT2D eigenvalue weighted by Crippen LogP contribution is 2.14. The number of hydrogen-bond donors (Lipinski definition) is 0. The molecule has 0 unspecified atom stereocenters. The van der Waals surface area contributed by atoms with E-state index in [-0.39, 0.29) is 24.8 Å². The molecule has 0 saturated carbocycles. The summed E-state index contributed by atoms with van der Waals surface area (Å²) in [5.74, 6) is 0. The molecule has 0 saturated heterocycles. The molecule has 2 aromatic heterocycles. The molecule has 0 radical (unpaired) electrons. The molecule has 2 aromatic rings. The Hall–Kier alpha value is -1.00. The lowest BCUT2D eigenvalue weighted by Gasteiger charge is -2.03. The molecular weight excluding hydrogens is 439 g/mol. The Morgan fingerprint density at radius 2 is 0.688 bits per heavy atom. The minimum atomic E-state index is 0. The zero-order valence-electron chi connectivity index (χ0n) is 20.7. The summed E-state index contributed by atoms with van der Waals surface area (Å²) in [7, 11) is 4.18. The monoisotopic (exact) mass is 486 g/mol.